The molecular weight excluding hydrogens is 471 g/mol. The Morgan fingerprint density at radius 3 is 2.58 bits per heavy atom. The van der Waals surface area contributed by atoms with Gasteiger partial charge in [-0.15, -0.1) is 0 Å². The summed E-state index contributed by atoms with van der Waals surface area (Å²) in [6, 6.07) is 10.3. The predicted octanol–water partition coefficient (Wildman–Crippen LogP) is 4.76. The van der Waals surface area contributed by atoms with Crippen LogP contribution >= 0.6 is 0 Å². The lowest BCUT2D eigenvalue weighted by Crippen LogP contribution is -2.26. The van der Waals surface area contributed by atoms with E-state index in [1.807, 2.05) is 30.3 Å². The second-order valence-corrected chi connectivity index (χ2v) is 8.89. The number of fused-ring (bicyclic) bond motifs is 1. The Bertz CT molecular complexity index is 1400. The van der Waals surface area contributed by atoms with Crippen molar-refractivity contribution in [3.63, 3.8) is 0 Å². The summed E-state index contributed by atoms with van der Waals surface area (Å²) in [6.45, 7) is 0.693. The Balaban J connectivity index is 1.30. The zero-order chi connectivity index (χ0) is 25.3. The third-order valence-electron chi connectivity index (χ3n) is 6.19. The summed E-state index contributed by atoms with van der Waals surface area (Å²) in [7, 11) is 0. The summed E-state index contributed by atoms with van der Waals surface area (Å²) >= 11 is 0. The highest BCUT2D eigenvalue weighted by molar-refractivity contribution is 5.99. The molecule has 1 aromatic carbocycles. The molecule has 4 aromatic rings. The lowest BCUT2D eigenvalue weighted by molar-refractivity contribution is -0.137. The molecule has 0 radical (unpaired) electrons. The van der Waals surface area contributed by atoms with Crippen molar-refractivity contribution in [2.75, 3.05) is 17.6 Å². The monoisotopic (exact) mass is 495 g/mol. The summed E-state index contributed by atoms with van der Waals surface area (Å²) in [5.74, 6) is 0.492. The Morgan fingerprint density at radius 2 is 1.86 bits per heavy atom. The van der Waals surface area contributed by atoms with Crippen LogP contribution in [0.2, 0.25) is 0 Å². The van der Waals surface area contributed by atoms with E-state index in [-0.39, 0.29) is 17.9 Å². The molecule has 0 unspecified atom stereocenters. The number of rotatable bonds is 8. The summed E-state index contributed by atoms with van der Waals surface area (Å²) in [5.41, 5.74) is 8.01. The normalized spacial score (nSPS) is 13.6. The van der Waals surface area contributed by atoms with Crippen LogP contribution in [-0.2, 0) is 12.7 Å². The first-order valence-corrected chi connectivity index (χ1v) is 11.6. The van der Waals surface area contributed by atoms with E-state index in [9.17, 15) is 18.0 Å². The van der Waals surface area contributed by atoms with Crippen LogP contribution in [0.25, 0.3) is 22.2 Å². The fourth-order valence-electron chi connectivity index (χ4n) is 3.91. The first-order chi connectivity index (χ1) is 17.3. The number of nitrogens with two attached hydrogens (primary N) is 1. The molecule has 0 bridgehead atoms. The SMILES string of the molecule is Nc1n[nH]c2ncc(-c3ccc(CNc4ncc(C(F)(F)F)cc4C(=O)NCCC4CC4)cc3)cc12. The third-order valence-corrected chi connectivity index (χ3v) is 6.19. The van der Waals surface area contributed by atoms with Crippen LogP contribution < -0.4 is 16.4 Å². The number of nitrogens with zero attached hydrogens (tertiary/aromatic N) is 3. The van der Waals surface area contributed by atoms with E-state index in [2.05, 4.69) is 30.8 Å². The molecule has 5 N–H and O–H groups in total. The summed E-state index contributed by atoms with van der Waals surface area (Å²) < 4.78 is 39.7. The summed E-state index contributed by atoms with van der Waals surface area (Å²) in [5, 5.41) is 13.2. The van der Waals surface area contributed by atoms with Crippen LogP contribution in [0.5, 0.6) is 0 Å². The zero-order valence-corrected chi connectivity index (χ0v) is 19.2. The number of hydrogen-bond acceptors (Lipinski definition) is 6. The van der Waals surface area contributed by atoms with Crippen molar-refractivity contribution in [3.8, 4) is 11.1 Å². The molecule has 8 nitrogen and oxygen atoms in total. The minimum atomic E-state index is -4.59. The molecule has 0 saturated heterocycles. The molecule has 3 aromatic heterocycles. The molecule has 3 heterocycles. The number of nitrogens with one attached hydrogen (secondary N) is 3. The van der Waals surface area contributed by atoms with Gasteiger partial charge in [0.15, 0.2) is 11.5 Å². The van der Waals surface area contributed by atoms with E-state index < -0.39 is 17.6 Å². The Hall–Kier alpha value is -4.15. The number of aromatic amines is 1. The van der Waals surface area contributed by atoms with Gasteiger partial charge < -0.3 is 16.4 Å². The lowest BCUT2D eigenvalue weighted by Gasteiger charge is -2.14. The molecule has 1 fully saturated rings. The Labute approximate surface area is 204 Å². The maximum absolute atomic E-state index is 13.2. The van der Waals surface area contributed by atoms with E-state index in [1.54, 1.807) is 6.20 Å². The number of amides is 1. The predicted molar refractivity (Wildman–Crippen MR) is 130 cm³/mol. The standard InChI is InChI=1S/C25H24F3N7O/c26-25(27,28)18-10-20(24(36)30-8-7-14-1-2-14)22(33-13-18)31-11-15-3-5-16(6-4-15)17-9-19-21(29)34-35-23(19)32-12-17/h3-6,9-10,12-14H,1-2,7-8,11H2,(H,30,36)(H,31,33)(H3,29,32,34,35). The van der Waals surface area contributed by atoms with Crippen molar-refractivity contribution >= 4 is 28.6 Å². The Morgan fingerprint density at radius 1 is 1.08 bits per heavy atom. The number of hydrogen-bond donors (Lipinski definition) is 4. The highest BCUT2D eigenvalue weighted by Crippen LogP contribution is 2.32. The van der Waals surface area contributed by atoms with Crippen molar-refractivity contribution in [3.05, 3.63) is 65.5 Å². The summed E-state index contributed by atoms with van der Waals surface area (Å²) in [4.78, 5) is 20.9. The number of alkyl halides is 3. The molecule has 186 valence electrons. The van der Waals surface area contributed by atoms with Crippen molar-refractivity contribution in [2.24, 2.45) is 5.92 Å². The molecule has 1 saturated carbocycles. The largest absolute Gasteiger partial charge is 0.417 e. The highest BCUT2D eigenvalue weighted by Gasteiger charge is 2.32. The molecule has 0 aliphatic heterocycles. The second-order valence-electron chi connectivity index (χ2n) is 8.89. The zero-order valence-electron chi connectivity index (χ0n) is 19.2. The lowest BCUT2D eigenvalue weighted by atomic mass is 10.0. The quantitative estimate of drug-likeness (QED) is 0.280. The maximum Gasteiger partial charge on any atom is 0.417 e. The number of anilines is 2. The number of carbonyl (C=O) groups excluding carboxylic acids is 1. The van der Waals surface area contributed by atoms with Gasteiger partial charge in [0.05, 0.1) is 16.5 Å². The van der Waals surface area contributed by atoms with E-state index in [0.29, 0.717) is 23.9 Å². The van der Waals surface area contributed by atoms with Crippen LogP contribution in [0, 0.1) is 5.92 Å². The van der Waals surface area contributed by atoms with Crippen LogP contribution in [0.1, 0.15) is 40.7 Å². The van der Waals surface area contributed by atoms with Gasteiger partial charge in [0.2, 0.25) is 0 Å². The third kappa shape index (κ3) is 5.24. The number of H-pyrrole nitrogens is 1. The van der Waals surface area contributed by atoms with E-state index in [0.717, 1.165) is 53.6 Å². The minimum Gasteiger partial charge on any atom is -0.382 e. The molecular formula is C25H24F3N7O. The van der Waals surface area contributed by atoms with E-state index in [1.165, 1.54) is 0 Å². The molecule has 1 aliphatic rings. The van der Waals surface area contributed by atoms with E-state index >= 15 is 0 Å². The average Bonchev–Trinajstić information content (AvgIpc) is 3.63. The topological polar surface area (TPSA) is 122 Å². The van der Waals surface area contributed by atoms with Gasteiger partial charge in [-0.1, -0.05) is 37.1 Å². The van der Waals surface area contributed by atoms with Gasteiger partial charge in [-0.2, -0.15) is 18.3 Å². The molecule has 0 spiro atoms. The van der Waals surface area contributed by atoms with Gasteiger partial charge >= 0.3 is 6.18 Å². The van der Waals surface area contributed by atoms with Gasteiger partial charge in [0.25, 0.3) is 5.91 Å². The van der Waals surface area contributed by atoms with E-state index in [4.69, 9.17) is 5.73 Å². The van der Waals surface area contributed by atoms with Crippen LogP contribution in [0.15, 0.2) is 48.8 Å². The molecule has 11 heteroatoms. The minimum absolute atomic E-state index is 0.0982. The summed E-state index contributed by atoms with van der Waals surface area (Å²) in [6.07, 6.45) is 0.945. The highest BCUT2D eigenvalue weighted by atomic mass is 19.4. The number of benzene rings is 1. The molecule has 36 heavy (non-hydrogen) atoms. The molecule has 5 rings (SSSR count). The van der Waals surface area contributed by atoms with Crippen molar-refractivity contribution < 1.29 is 18.0 Å². The van der Waals surface area contributed by atoms with Crippen LogP contribution in [-0.4, -0.2) is 32.6 Å². The van der Waals surface area contributed by atoms with Crippen LogP contribution in [0.4, 0.5) is 24.8 Å². The van der Waals surface area contributed by atoms with Gasteiger partial charge in [-0.05, 0) is 35.6 Å². The molecule has 1 aliphatic carbocycles. The van der Waals surface area contributed by atoms with Crippen LogP contribution in [0.3, 0.4) is 0 Å². The van der Waals surface area contributed by atoms with Crippen molar-refractivity contribution in [1.29, 1.82) is 0 Å². The fourth-order valence-corrected chi connectivity index (χ4v) is 3.91. The number of nitrogen functional groups attached to an aromatic ring is 1. The first-order valence-electron chi connectivity index (χ1n) is 11.6. The molecule has 0 atom stereocenters. The smallest absolute Gasteiger partial charge is 0.382 e. The van der Waals surface area contributed by atoms with Gasteiger partial charge in [-0.3, -0.25) is 9.89 Å². The number of aromatic nitrogens is 4. The van der Waals surface area contributed by atoms with Crippen molar-refractivity contribution in [2.45, 2.75) is 32.0 Å². The first kappa shape index (κ1) is 23.6. The maximum atomic E-state index is 13.2. The second kappa shape index (κ2) is 9.48. The fraction of sp³-hybridized carbons (Fsp3) is 0.280. The van der Waals surface area contributed by atoms with Gasteiger partial charge in [-0.25, -0.2) is 9.97 Å². The van der Waals surface area contributed by atoms with Gasteiger partial charge in [0.1, 0.15) is 5.82 Å². The van der Waals surface area contributed by atoms with Crippen molar-refractivity contribution in [1.82, 2.24) is 25.5 Å². The Kier molecular flexibility index (Phi) is 6.21. The number of pyridine rings is 2. The number of carbonyl (C=O) groups is 1. The number of halogens is 3. The van der Waals surface area contributed by atoms with Gasteiger partial charge in [0, 0.05) is 31.0 Å². The molecule has 1 amide bonds. The average molecular weight is 496 g/mol.